The fourth-order valence-electron chi connectivity index (χ4n) is 10.4. The highest BCUT2D eigenvalue weighted by molar-refractivity contribution is 7.47. The first-order valence-electron chi connectivity index (χ1n) is 40.7. The van der Waals surface area contributed by atoms with Crippen molar-refractivity contribution in [3.63, 3.8) is 0 Å². The van der Waals surface area contributed by atoms with Crippen molar-refractivity contribution in [3.8, 4) is 0 Å². The number of hydrogen-bond acceptors (Lipinski definition) is 15. The zero-order valence-electron chi connectivity index (χ0n) is 66.1. The molecule has 0 saturated carbocycles. The van der Waals surface area contributed by atoms with Crippen LogP contribution in [0, 0.1) is 0 Å². The van der Waals surface area contributed by atoms with Gasteiger partial charge in [0.15, 0.2) is 12.2 Å². The van der Waals surface area contributed by atoms with E-state index < -0.39 is 97.5 Å². The Kier molecular flexibility index (Phi) is 73.9. The number of phosphoric ester groups is 2. The number of phosphoric acid groups is 2. The highest BCUT2D eigenvalue weighted by atomic mass is 31.2. The van der Waals surface area contributed by atoms with Crippen molar-refractivity contribution in [2.75, 3.05) is 39.6 Å². The zero-order valence-corrected chi connectivity index (χ0v) is 67.8. The molecule has 106 heavy (non-hydrogen) atoms. The molecule has 5 unspecified atom stereocenters. The first kappa shape index (κ1) is 101. The van der Waals surface area contributed by atoms with Crippen LogP contribution in [0.5, 0.6) is 0 Å². The molecule has 0 aromatic rings. The summed E-state index contributed by atoms with van der Waals surface area (Å²) in [5, 5.41) is 10.7. The summed E-state index contributed by atoms with van der Waals surface area (Å²) in [6, 6.07) is 0. The standard InChI is InChI=1S/C87H144O17P2/c1-5-9-13-17-21-25-29-33-37-39-40-42-46-48-52-56-60-64-68-72-85(90)98-78-83(104-87(92)74-70-66-62-58-54-50-44-36-32-28-24-20-16-12-8-4)80-102-106(95,96)100-76-81(88)75-99-105(93,94)101-79-82(103-86(91)73-69-65-61-57-53-49-43-35-31-27-23-19-15-11-7-3)77-97-84(89)71-67-63-59-55-51-47-45-41-38-34-30-26-22-18-14-10-6-2/h9-11,13-15,21-28,33-38,40,42-45,47,81-83,88H,5-8,12,16-20,29-32,39,41,46,48-80H2,1-4H3,(H,93,94)(H,95,96)/b13-9-,14-10-,15-11-,25-21-,26-22-,27-23-,28-24-,37-33-,38-34-,42-40-,43-35-,44-36-,47-45-. The number of carbonyl (C=O) groups excluding carboxylic acids is 4. The van der Waals surface area contributed by atoms with Crippen molar-refractivity contribution in [1.82, 2.24) is 0 Å². The number of aliphatic hydroxyl groups is 1. The van der Waals surface area contributed by atoms with Gasteiger partial charge in [-0.05, 0) is 167 Å². The number of esters is 4. The summed E-state index contributed by atoms with van der Waals surface area (Å²) in [4.78, 5) is 73.1. The highest BCUT2D eigenvalue weighted by Gasteiger charge is 2.30. The fraction of sp³-hybridized carbons (Fsp3) is 0.655. The summed E-state index contributed by atoms with van der Waals surface area (Å²) in [5.74, 6) is -2.26. The van der Waals surface area contributed by atoms with Gasteiger partial charge < -0.3 is 33.8 Å². The summed E-state index contributed by atoms with van der Waals surface area (Å²) in [6.45, 7) is 4.44. The number of rotatable bonds is 75. The predicted molar refractivity (Wildman–Crippen MR) is 436 cm³/mol. The van der Waals surface area contributed by atoms with E-state index in [4.69, 9.17) is 37.0 Å². The lowest BCUT2D eigenvalue weighted by molar-refractivity contribution is -0.161. The molecule has 0 aliphatic carbocycles. The van der Waals surface area contributed by atoms with Gasteiger partial charge in [-0.3, -0.25) is 37.3 Å². The molecule has 0 radical (unpaired) electrons. The number of ether oxygens (including phenoxy) is 4. The van der Waals surface area contributed by atoms with Crippen molar-refractivity contribution in [1.29, 1.82) is 0 Å². The van der Waals surface area contributed by atoms with Crippen LogP contribution >= 0.6 is 15.6 Å². The van der Waals surface area contributed by atoms with Crippen molar-refractivity contribution in [2.24, 2.45) is 0 Å². The van der Waals surface area contributed by atoms with Crippen molar-refractivity contribution >= 4 is 39.5 Å². The van der Waals surface area contributed by atoms with Gasteiger partial charge in [0.25, 0.3) is 0 Å². The van der Waals surface area contributed by atoms with Crippen LogP contribution in [0.4, 0.5) is 0 Å². The Morgan fingerprint density at radius 3 is 0.755 bits per heavy atom. The molecule has 0 saturated heterocycles. The molecule has 0 aliphatic heterocycles. The summed E-state index contributed by atoms with van der Waals surface area (Å²) in [5.41, 5.74) is 0. The molecule has 0 heterocycles. The molecule has 0 aromatic carbocycles. The van der Waals surface area contributed by atoms with E-state index in [1.807, 2.05) is 0 Å². The van der Waals surface area contributed by atoms with Crippen LogP contribution in [0.15, 0.2) is 158 Å². The van der Waals surface area contributed by atoms with Gasteiger partial charge in [-0.15, -0.1) is 0 Å². The number of hydrogen-bond donors (Lipinski definition) is 3. The van der Waals surface area contributed by atoms with Crippen LogP contribution < -0.4 is 0 Å². The minimum Gasteiger partial charge on any atom is -0.462 e. The summed E-state index contributed by atoms with van der Waals surface area (Å²) in [6.07, 6.45) is 90.7. The monoisotopic (exact) mass is 1520 g/mol. The lowest BCUT2D eigenvalue weighted by atomic mass is 10.1. The van der Waals surface area contributed by atoms with Crippen LogP contribution in [-0.2, 0) is 65.4 Å². The maximum Gasteiger partial charge on any atom is 0.472 e. The van der Waals surface area contributed by atoms with Gasteiger partial charge in [0.05, 0.1) is 26.4 Å². The number of allylic oxidation sites excluding steroid dienone is 26. The minimum atomic E-state index is -5.00. The largest absolute Gasteiger partial charge is 0.472 e. The molecular formula is C87H144O17P2. The van der Waals surface area contributed by atoms with E-state index in [1.165, 1.54) is 19.3 Å². The van der Waals surface area contributed by atoms with Gasteiger partial charge in [-0.1, -0.05) is 276 Å². The van der Waals surface area contributed by atoms with Crippen LogP contribution in [-0.4, -0.2) is 96.7 Å². The number of unbranched alkanes of at least 4 members (excludes halogenated alkanes) is 23. The van der Waals surface area contributed by atoms with Gasteiger partial charge in [0.1, 0.15) is 19.3 Å². The Hall–Kier alpha value is -5.32. The maximum absolute atomic E-state index is 13.1. The van der Waals surface area contributed by atoms with E-state index >= 15 is 0 Å². The minimum absolute atomic E-state index is 0.0645. The Bertz CT molecular complexity index is 2630. The average Bonchev–Trinajstić information content (AvgIpc) is 0.909. The van der Waals surface area contributed by atoms with Crippen LogP contribution in [0.1, 0.15) is 310 Å². The quantitative estimate of drug-likeness (QED) is 0.0169. The zero-order chi connectivity index (χ0) is 77.4. The van der Waals surface area contributed by atoms with Crippen LogP contribution in [0.25, 0.3) is 0 Å². The van der Waals surface area contributed by atoms with Gasteiger partial charge in [-0.25, -0.2) is 9.13 Å². The lowest BCUT2D eigenvalue weighted by Gasteiger charge is -2.21. The van der Waals surface area contributed by atoms with E-state index in [2.05, 4.69) is 186 Å². The molecule has 5 atom stereocenters. The molecule has 0 aliphatic rings. The lowest BCUT2D eigenvalue weighted by Crippen LogP contribution is -2.30. The van der Waals surface area contributed by atoms with Gasteiger partial charge in [0.2, 0.25) is 0 Å². The molecule has 0 amide bonds. The van der Waals surface area contributed by atoms with Crippen molar-refractivity contribution in [2.45, 2.75) is 329 Å². The first-order chi connectivity index (χ1) is 51.7. The molecule has 0 rings (SSSR count). The van der Waals surface area contributed by atoms with Crippen molar-refractivity contribution in [3.05, 3.63) is 158 Å². The van der Waals surface area contributed by atoms with E-state index in [0.717, 1.165) is 212 Å². The first-order valence-corrected chi connectivity index (χ1v) is 43.7. The second-order valence-electron chi connectivity index (χ2n) is 26.6. The SMILES string of the molecule is CC/C=C\C/C=C\C/C=C\C/C=C\CCCCCCCCC(=O)OCC(COP(=O)(O)OCC(O)COP(=O)(O)OCC(COC(=O)CCCCCC/C=C\C/C=C\C/C=C\C/C=C\CC)OC(=O)CCCCCCC/C=C\C/C=C\C/C=C\CC)OC(=O)CCCCCCC/C=C\C/C=C\CCCCC. The molecule has 0 bridgehead atoms. The average molecular weight is 1520 g/mol. The van der Waals surface area contributed by atoms with E-state index in [9.17, 15) is 43.2 Å². The Balaban J connectivity index is 5.43. The Labute approximate surface area is 642 Å². The molecule has 604 valence electrons. The fourth-order valence-corrected chi connectivity index (χ4v) is 11.9. The predicted octanol–water partition coefficient (Wildman–Crippen LogP) is 24.0. The van der Waals surface area contributed by atoms with Gasteiger partial charge in [-0.2, -0.15) is 0 Å². The van der Waals surface area contributed by atoms with Gasteiger partial charge >= 0.3 is 39.5 Å². The van der Waals surface area contributed by atoms with E-state index in [1.54, 1.807) is 0 Å². The highest BCUT2D eigenvalue weighted by Crippen LogP contribution is 2.45. The maximum atomic E-state index is 13.1. The van der Waals surface area contributed by atoms with Crippen LogP contribution in [0.2, 0.25) is 0 Å². The van der Waals surface area contributed by atoms with E-state index in [0.29, 0.717) is 25.7 Å². The third kappa shape index (κ3) is 76.9. The van der Waals surface area contributed by atoms with Crippen molar-refractivity contribution < 1.29 is 80.2 Å². The molecule has 0 spiro atoms. The Morgan fingerprint density at radius 2 is 0.491 bits per heavy atom. The molecule has 19 heteroatoms. The second kappa shape index (κ2) is 77.8. The molecule has 3 N–H and O–H groups in total. The third-order valence-electron chi connectivity index (χ3n) is 16.5. The topological polar surface area (TPSA) is 237 Å². The molecule has 0 fully saturated rings. The summed E-state index contributed by atoms with van der Waals surface area (Å²) < 4.78 is 68.6. The molecular weight excluding hydrogens is 1380 g/mol. The number of aliphatic hydroxyl groups excluding tert-OH is 1. The van der Waals surface area contributed by atoms with Crippen LogP contribution in [0.3, 0.4) is 0 Å². The second-order valence-corrected chi connectivity index (χ2v) is 29.5. The number of carbonyl (C=O) groups is 4. The summed E-state index contributed by atoms with van der Waals surface area (Å²) in [7, 11) is -9.99. The summed E-state index contributed by atoms with van der Waals surface area (Å²) >= 11 is 0. The van der Waals surface area contributed by atoms with Gasteiger partial charge in [0, 0.05) is 25.7 Å². The Morgan fingerprint density at radius 1 is 0.274 bits per heavy atom. The smallest absolute Gasteiger partial charge is 0.462 e. The third-order valence-corrected chi connectivity index (χ3v) is 18.4. The normalized spacial score (nSPS) is 14.7. The molecule has 0 aromatic heterocycles. The van der Waals surface area contributed by atoms with E-state index in [-0.39, 0.29) is 25.7 Å². The molecule has 17 nitrogen and oxygen atoms in total.